The van der Waals surface area contributed by atoms with Crippen LogP contribution in [0.4, 0.5) is 4.79 Å². The fourth-order valence-electron chi connectivity index (χ4n) is 1.61. The first kappa shape index (κ1) is 16.6. The molecule has 0 saturated heterocycles. The van der Waals surface area contributed by atoms with Crippen molar-refractivity contribution in [2.45, 2.75) is 38.8 Å². The first-order valence-electron chi connectivity index (χ1n) is 6.38. The van der Waals surface area contributed by atoms with Gasteiger partial charge in [0.05, 0.1) is 5.02 Å². The molecule has 1 unspecified atom stereocenters. The normalized spacial score (nSPS) is 12.8. The standard InChI is InChI=1S/C14H21ClN2O3/c1-14(2,3)20-13(19)17-8-10(16)7-9-5-4-6-11(15)12(9)18/h4-6,10,18H,7-8,16H2,1-3H3,(H,17,19). The molecule has 1 aromatic carbocycles. The minimum absolute atomic E-state index is 0.0295. The number of nitrogens with two attached hydrogens (primary N) is 1. The summed E-state index contributed by atoms with van der Waals surface area (Å²) in [6.45, 7) is 5.62. The van der Waals surface area contributed by atoms with Crippen molar-refractivity contribution in [1.29, 1.82) is 0 Å². The van der Waals surface area contributed by atoms with Crippen LogP contribution in [0.5, 0.6) is 5.75 Å². The van der Waals surface area contributed by atoms with Crippen LogP contribution in [0, 0.1) is 0 Å². The maximum atomic E-state index is 11.5. The Hall–Kier alpha value is -1.46. The molecule has 112 valence electrons. The molecule has 1 atom stereocenters. The third-order valence-electron chi connectivity index (χ3n) is 2.46. The van der Waals surface area contributed by atoms with Crippen molar-refractivity contribution >= 4 is 17.7 Å². The van der Waals surface area contributed by atoms with Crippen LogP contribution >= 0.6 is 11.6 Å². The van der Waals surface area contributed by atoms with E-state index >= 15 is 0 Å². The molecule has 0 heterocycles. The van der Waals surface area contributed by atoms with Crippen molar-refractivity contribution in [3.05, 3.63) is 28.8 Å². The monoisotopic (exact) mass is 300 g/mol. The molecule has 0 spiro atoms. The summed E-state index contributed by atoms with van der Waals surface area (Å²) in [5, 5.41) is 12.7. The van der Waals surface area contributed by atoms with Crippen LogP contribution in [0.3, 0.4) is 0 Å². The molecule has 20 heavy (non-hydrogen) atoms. The second-order valence-electron chi connectivity index (χ2n) is 5.59. The van der Waals surface area contributed by atoms with E-state index in [0.29, 0.717) is 12.0 Å². The van der Waals surface area contributed by atoms with E-state index in [1.807, 2.05) is 0 Å². The maximum absolute atomic E-state index is 11.5. The molecular weight excluding hydrogens is 280 g/mol. The molecule has 4 N–H and O–H groups in total. The van der Waals surface area contributed by atoms with Gasteiger partial charge in [-0.15, -0.1) is 0 Å². The molecule has 0 saturated carbocycles. The van der Waals surface area contributed by atoms with Gasteiger partial charge in [0.2, 0.25) is 0 Å². The van der Waals surface area contributed by atoms with Gasteiger partial charge in [0, 0.05) is 12.6 Å². The lowest BCUT2D eigenvalue weighted by molar-refractivity contribution is 0.0524. The molecule has 1 amide bonds. The van der Waals surface area contributed by atoms with E-state index in [-0.39, 0.29) is 23.4 Å². The summed E-state index contributed by atoms with van der Waals surface area (Å²) >= 11 is 5.82. The van der Waals surface area contributed by atoms with Gasteiger partial charge in [0.25, 0.3) is 0 Å². The van der Waals surface area contributed by atoms with E-state index in [2.05, 4.69) is 5.32 Å². The average Bonchev–Trinajstić information content (AvgIpc) is 2.30. The van der Waals surface area contributed by atoms with Crippen LogP contribution in [0.1, 0.15) is 26.3 Å². The number of benzene rings is 1. The van der Waals surface area contributed by atoms with Crippen molar-refractivity contribution in [3.8, 4) is 5.75 Å². The zero-order valence-corrected chi connectivity index (χ0v) is 12.7. The van der Waals surface area contributed by atoms with Gasteiger partial charge in [-0.2, -0.15) is 0 Å². The van der Waals surface area contributed by atoms with Gasteiger partial charge in [-0.05, 0) is 38.8 Å². The number of aromatic hydroxyl groups is 1. The number of phenolic OH excluding ortho intramolecular Hbond substituents is 1. The molecule has 1 aromatic rings. The predicted molar refractivity (Wildman–Crippen MR) is 79.0 cm³/mol. The Labute approximate surface area is 124 Å². The number of rotatable bonds is 4. The van der Waals surface area contributed by atoms with Crippen LogP contribution in [0.25, 0.3) is 0 Å². The topological polar surface area (TPSA) is 84.6 Å². The third kappa shape index (κ3) is 5.67. The van der Waals surface area contributed by atoms with Crippen LogP contribution in [-0.2, 0) is 11.2 Å². The number of nitrogens with one attached hydrogen (secondary N) is 1. The number of ether oxygens (including phenoxy) is 1. The number of alkyl carbamates (subject to hydrolysis) is 1. The molecule has 5 nitrogen and oxygen atoms in total. The highest BCUT2D eigenvalue weighted by atomic mass is 35.5. The number of phenols is 1. The fraction of sp³-hybridized carbons (Fsp3) is 0.500. The summed E-state index contributed by atoms with van der Waals surface area (Å²) in [5.41, 5.74) is 6.02. The fourth-order valence-corrected chi connectivity index (χ4v) is 1.80. The highest BCUT2D eigenvalue weighted by Crippen LogP contribution is 2.27. The quantitative estimate of drug-likeness (QED) is 0.797. The highest BCUT2D eigenvalue weighted by molar-refractivity contribution is 6.32. The molecular formula is C14H21ClN2O3. The Morgan fingerprint density at radius 1 is 1.50 bits per heavy atom. The first-order chi connectivity index (χ1) is 9.19. The van der Waals surface area contributed by atoms with Crippen LogP contribution in [0.2, 0.25) is 5.02 Å². The van der Waals surface area contributed by atoms with Gasteiger partial charge in [0.1, 0.15) is 11.4 Å². The number of halogens is 1. The van der Waals surface area contributed by atoms with Gasteiger partial charge in [-0.1, -0.05) is 23.7 Å². The number of carbonyl (C=O) groups is 1. The van der Waals surface area contributed by atoms with Crippen molar-refractivity contribution in [2.75, 3.05) is 6.54 Å². The Bertz CT molecular complexity index is 472. The lowest BCUT2D eigenvalue weighted by atomic mass is 10.1. The van der Waals surface area contributed by atoms with Gasteiger partial charge in [0.15, 0.2) is 0 Å². The van der Waals surface area contributed by atoms with Crippen molar-refractivity contribution in [3.63, 3.8) is 0 Å². The van der Waals surface area contributed by atoms with Crippen LogP contribution in [0.15, 0.2) is 18.2 Å². The Morgan fingerprint density at radius 3 is 2.75 bits per heavy atom. The maximum Gasteiger partial charge on any atom is 0.407 e. The molecule has 0 aromatic heterocycles. The molecule has 6 heteroatoms. The third-order valence-corrected chi connectivity index (χ3v) is 2.76. The Morgan fingerprint density at radius 2 is 2.15 bits per heavy atom. The molecule has 0 bridgehead atoms. The number of hydrogen-bond donors (Lipinski definition) is 3. The van der Waals surface area contributed by atoms with E-state index < -0.39 is 11.7 Å². The largest absolute Gasteiger partial charge is 0.506 e. The van der Waals surface area contributed by atoms with Crippen molar-refractivity contribution in [1.82, 2.24) is 5.32 Å². The SMILES string of the molecule is CC(C)(C)OC(=O)NCC(N)Cc1cccc(Cl)c1O. The molecule has 0 radical (unpaired) electrons. The number of hydrogen-bond acceptors (Lipinski definition) is 4. The first-order valence-corrected chi connectivity index (χ1v) is 6.75. The molecule has 1 rings (SSSR count). The van der Waals surface area contributed by atoms with Crippen molar-refractivity contribution in [2.24, 2.45) is 5.73 Å². The molecule has 0 aliphatic carbocycles. The van der Waals surface area contributed by atoms with E-state index in [1.54, 1.807) is 39.0 Å². The van der Waals surface area contributed by atoms with Crippen LogP contribution in [-0.4, -0.2) is 29.4 Å². The Balaban J connectivity index is 2.46. The summed E-state index contributed by atoms with van der Waals surface area (Å²) in [7, 11) is 0. The molecule has 0 aliphatic heterocycles. The zero-order valence-electron chi connectivity index (χ0n) is 11.9. The van der Waals surface area contributed by atoms with E-state index in [9.17, 15) is 9.90 Å². The minimum Gasteiger partial charge on any atom is -0.506 e. The van der Waals surface area contributed by atoms with E-state index in [0.717, 1.165) is 0 Å². The Kier molecular flexibility index (Phi) is 5.65. The van der Waals surface area contributed by atoms with Gasteiger partial charge >= 0.3 is 6.09 Å². The summed E-state index contributed by atoms with van der Waals surface area (Å²) in [6.07, 6.45) is -0.106. The van der Waals surface area contributed by atoms with Crippen molar-refractivity contribution < 1.29 is 14.6 Å². The predicted octanol–water partition coefficient (Wildman–Crippen LogP) is 2.44. The summed E-state index contributed by atoms with van der Waals surface area (Å²) in [6, 6.07) is 4.75. The van der Waals surface area contributed by atoms with Gasteiger partial charge in [-0.25, -0.2) is 4.79 Å². The number of amides is 1. The second kappa shape index (κ2) is 6.81. The second-order valence-corrected chi connectivity index (χ2v) is 6.00. The van der Waals surface area contributed by atoms with Crippen LogP contribution < -0.4 is 11.1 Å². The van der Waals surface area contributed by atoms with E-state index in [4.69, 9.17) is 22.1 Å². The van der Waals surface area contributed by atoms with Gasteiger partial charge in [-0.3, -0.25) is 0 Å². The summed E-state index contributed by atoms with van der Waals surface area (Å²) in [4.78, 5) is 11.5. The number of para-hydroxylation sites is 1. The minimum atomic E-state index is -0.542. The van der Waals surface area contributed by atoms with Gasteiger partial charge < -0.3 is 20.9 Å². The lowest BCUT2D eigenvalue weighted by Crippen LogP contribution is -2.41. The summed E-state index contributed by atoms with van der Waals surface area (Å²) in [5.74, 6) is 0.0295. The highest BCUT2D eigenvalue weighted by Gasteiger charge is 2.17. The average molecular weight is 301 g/mol. The number of carbonyl (C=O) groups excluding carboxylic acids is 1. The lowest BCUT2D eigenvalue weighted by Gasteiger charge is -2.21. The summed E-state index contributed by atoms with van der Waals surface area (Å²) < 4.78 is 5.11. The smallest absolute Gasteiger partial charge is 0.407 e. The zero-order chi connectivity index (χ0) is 15.3. The molecule has 0 aliphatic rings. The molecule has 0 fully saturated rings. The van der Waals surface area contributed by atoms with E-state index in [1.165, 1.54) is 0 Å².